The molecule has 1 saturated carbocycles. The van der Waals surface area contributed by atoms with Crippen molar-refractivity contribution in [2.45, 2.75) is 58.9 Å². The van der Waals surface area contributed by atoms with Crippen LogP contribution in [-0.4, -0.2) is 11.9 Å². The molecule has 3 heteroatoms. The minimum Gasteiger partial charge on any atom is -0.398 e. The van der Waals surface area contributed by atoms with Crippen LogP contribution in [0.3, 0.4) is 0 Å². The normalized spacial score (nSPS) is 22.6. The van der Waals surface area contributed by atoms with Crippen molar-refractivity contribution in [1.29, 1.82) is 0 Å². The molecule has 0 bridgehead atoms. The number of rotatable bonds is 3. The Labute approximate surface area is 121 Å². The third-order valence-corrected chi connectivity index (χ3v) is 4.62. The highest BCUT2D eigenvalue weighted by Crippen LogP contribution is 2.27. The summed E-state index contributed by atoms with van der Waals surface area (Å²) in [5, 5.41) is 3.17. The van der Waals surface area contributed by atoms with Gasteiger partial charge in [-0.1, -0.05) is 19.4 Å². The molecule has 110 valence electrons. The Morgan fingerprint density at radius 1 is 1.20 bits per heavy atom. The Morgan fingerprint density at radius 3 is 2.45 bits per heavy atom. The van der Waals surface area contributed by atoms with Crippen LogP contribution in [0, 0.1) is 19.8 Å². The lowest BCUT2D eigenvalue weighted by Gasteiger charge is -2.28. The average Bonchev–Trinajstić information content (AvgIpc) is 2.43. The highest BCUT2D eigenvalue weighted by atomic mass is 16.1. The maximum Gasteiger partial charge on any atom is 0.251 e. The van der Waals surface area contributed by atoms with Crippen molar-refractivity contribution in [1.82, 2.24) is 5.32 Å². The molecule has 1 aromatic carbocycles. The minimum atomic E-state index is 0.0224. The van der Waals surface area contributed by atoms with Crippen molar-refractivity contribution in [2.75, 3.05) is 5.73 Å². The number of anilines is 1. The molecule has 1 aliphatic rings. The summed E-state index contributed by atoms with van der Waals surface area (Å²) in [6.07, 6.45) is 5.93. The summed E-state index contributed by atoms with van der Waals surface area (Å²) >= 11 is 0. The standard InChI is InChI=1S/C17H26N2O/c1-4-13-5-7-14(8-6-13)19-17(20)15-10-16(18)12(3)9-11(15)2/h9-10,13-14H,4-8,18H2,1-3H3,(H,19,20). The van der Waals surface area contributed by atoms with E-state index in [2.05, 4.69) is 12.2 Å². The molecule has 0 saturated heterocycles. The lowest BCUT2D eigenvalue weighted by molar-refractivity contribution is 0.0921. The molecule has 1 aromatic rings. The Morgan fingerprint density at radius 2 is 1.85 bits per heavy atom. The summed E-state index contributed by atoms with van der Waals surface area (Å²) in [7, 11) is 0. The number of aryl methyl sites for hydroxylation is 2. The molecule has 0 aliphatic heterocycles. The maximum absolute atomic E-state index is 12.4. The zero-order chi connectivity index (χ0) is 14.7. The number of nitrogens with one attached hydrogen (secondary N) is 1. The van der Waals surface area contributed by atoms with Crippen LogP contribution < -0.4 is 11.1 Å². The summed E-state index contributed by atoms with van der Waals surface area (Å²) in [6.45, 7) is 6.19. The smallest absolute Gasteiger partial charge is 0.251 e. The van der Waals surface area contributed by atoms with Crippen LogP contribution in [0.15, 0.2) is 12.1 Å². The van der Waals surface area contributed by atoms with Gasteiger partial charge in [-0.05, 0) is 62.6 Å². The van der Waals surface area contributed by atoms with E-state index in [1.165, 1.54) is 19.3 Å². The number of nitrogen functional groups attached to an aromatic ring is 1. The first-order valence-corrected chi connectivity index (χ1v) is 7.68. The Hall–Kier alpha value is -1.51. The number of hydrogen-bond donors (Lipinski definition) is 2. The lowest BCUT2D eigenvalue weighted by atomic mass is 9.84. The second-order valence-electron chi connectivity index (χ2n) is 6.12. The van der Waals surface area contributed by atoms with Gasteiger partial charge in [-0.15, -0.1) is 0 Å². The zero-order valence-electron chi connectivity index (χ0n) is 12.8. The average molecular weight is 274 g/mol. The predicted octanol–water partition coefficient (Wildman–Crippen LogP) is 3.58. The molecule has 0 aromatic heterocycles. The first kappa shape index (κ1) is 14.9. The van der Waals surface area contributed by atoms with Gasteiger partial charge in [-0.25, -0.2) is 0 Å². The van der Waals surface area contributed by atoms with Crippen LogP contribution in [0.4, 0.5) is 5.69 Å². The van der Waals surface area contributed by atoms with Gasteiger partial charge < -0.3 is 11.1 Å². The van der Waals surface area contributed by atoms with Gasteiger partial charge in [-0.2, -0.15) is 0 Å². The Balaban J connectivity index is 2.01. The molecule has 3 N–H and O–H groups in total. The minimum absolute atomic E-state index is 0.0224. The topological polar surface area (TPSA) is 55.1 Å². The van der Waals surface area contributed by atoms with Crippen molar-refractivity contribution < 1.29 is 4.79 Å². The summed E-state index contributed by atoms with van der Waals surface area (Å²) < 4.78 is 0. The molecule has 2 rings (SSSR count). The molecule has 0 unspecified atom stereocenters. The fourth-order valence-electron chi connectivity index (χ4n) is 3.09. The van der Waals surface area contributed by atoms with Crippen LogP contribution in [0.1, 0.15) is 60.5 Å². The maximum atomic E-state index is 12.4. The molecular formula is C17H26N2O. The van der Waals surface area contributed by atoms with E-state index in [-0.39, 0.29) is 5.91 Å². The lowest BCUT2D eigenvalue weighted by Crippen LogP contribution is -2.37. The van der Waals surface area contributed by atoms with E-state index >= 15 is 0 Å². The van der Waals surface area contributed by atoms with Crippen molar-refractivity contribution in [3.05, 3.63) is 28.8 Å². The van der Waals surface area contributed by atoms with Crippen LogP contribution in [0.2, 0.25) is 0 Å². The first-order valence-electron chi connectivity index (χ1n) is 7.68. The molecule has 0 radical (unpaired) electrons. The molecule has 1 aliphatic carbocycles. The highest BCUT2D eigenvalue weighted by Gasteiger charge is 2.22. The summed E-state index contributed by atoms with van der Waals surface area (Å²) in [5.41, 5.74) is 9.35. The predicted molar refractivity (Wildman–Crippen MR) is 83.8 cm³/mol. The van der Waals surface area contributed by atoms with Gasteiger partial charge in [0.15, 0.2) is 0 Å². The molecule has 3 nitrogen and oxygen atoms in total. The summed E-state index contributed by atoms with van der Waals surface area (Å²) in [5.74, 6) is 0.869. The number of hydrogen-bond acceptors (Lipinski definition) is 2. The fourth-order valence-corrected chi connectivity index (χ4v) is 3.09. The number of nitrogens with two attached hydrogens (primary N) is 1. The number of amides is 1. The summed E-state index contributed by atoms with van der Waals surface area (Å²) in [4.78, 5) is 12.4. The van der Waals surface area contributed by atoms with Gasteiger partial charge in [0.05, 0.1) is 0 Å². The van der Waals surface area contributed by atoms with Crippen molar-refractivity contribution in [3.63, 3.8) is 0 Å². The fraction of sp³-hybridized carbons (Fsp3) is 0.588. The number of carbonyl (C=O) groups is 1. The first-order chi connectivity index (χ1) is 9.51. The Bertz CT molecular complexity index is 488. The second-order valence-corrected chi connectivity index (χ2v) is 6.12. The van der Waals surface area contributed by atoms with Crippen molar-refractivity contribution >= 4 is 11.6 Å². The highest BCUT2D eigenvalue weighted by molar-refractivity contribution is 5.96. The van der Waals surface area contributed by atoms with E-state index in [0.29, 0.717) is 17.3 Å². The van der Waals surface area contributed by atoms with Gasteiger partial charge in [0.2, 0.25) is 0 Å². The van der Waals surface area contributed by atoms with Gasteiger partial charge in [0.25, 0.3) is 5.91 Å². The SMILES string of the molecule is CCC1CCC(NC(=O)c2cc(N)c(C)cc2C)CC1. The molecule has 0 spiro atoms. The van der Waals surface area contributed by atoms with Gasteiger partial charge in [-0.3, -0.25) is 4.79 Å². The van der Waals surface area contributed by atoms with Gasteiger partial charge in [0, 0.05) is 17.3 Å². The third-order valence-electron chi connectivity index (χ3n) is 4.62. The molecule has 1 fully saturated rings. The molecule has 20 heavy (non-hydrogen) atoms. The Kier molecular flexibility index (Phi) is 4.69. The largest absolute Gasteiger partial charge is 0.398 e. The van der Waals surface area contributed by atoms with Crippen LogP contribution in [-0.2, 0) is 0 Å². The van der Waals surface area contributed by atoms with Crippen molar-refractivity contribution in [2.24, 2.45) is 5.92 Å². The van der Waals surface area contributed by atoms with E-state index in [1.807, 2.05) is 19.9 Å². The number of carbonyl (C=O) groups excluding carboxylic acids is 1. The quantitative estimate of drug-likeness (QED) is 0.828. The second kappa shape index (κ2) is 6.29. The van der Waals surface area contributed by atoms with E-state index in [0.717, 1.165) is 29.9 Å². The van der Waals surface area contributed by atoms with Crippen LogP contribution >= 0.6 is 0 Å². The van der Waals surface area contributed by atoms with Crippen LogP contribution in [0.25, 0.3) is 0 Å². The van der Waals surface area contributed by atoms with Crippen LogP contribution in [0.5, 0.6) is 0 Å². The van der Waals surface area contributed by atoms with E-state index < -0.39 is 0 Å². The molecular weight excluding hydrogens is 248 g/mol. The number of benzene rings is 1. The van der Waals surface area contributed by atoms with E-state index in [9.17, 15) is 4.79 Å². The molecule has 0 atom stereocenters. The van der Waals surface area contributed by atoms with Gasteiger partial charge >= 0.3 is 0 Å². The van der Waals surface area contributed by atoms with Gasteiger partial charge in [0.1, 0.15) is 0 Å². The monoisotopic (exact) mass is 274 g/mol. The zero-order valence-corrected chi connectivity index (χ0v) is 12.8. The van der Waals surface area contributed by atoms with Crippen molar-refractivity contribution in [3.8, 4) is 0 Å². The van der Waals surface area contributed by atoms with E-state index in [4.69, 9.17) is 5.73 Å². The van der Waals surface area contributed by atoms with E-state index in [1.54, 1.807) is 6.07 Å². The molecule has 0 heterocycles. The third kappa shape index (κ3) is 3.33. The summed E-state index contributed by atoms with van der Waals surface area (Å²) in [6, 6.07) is 4.11. The molecule has 1 amide bonds.